The summed E-state index contributed by atoms with van der Waals surface area (Å²) < 4.78 is 5.42. The molecule has 0 radical (unpaired) electrons. The molecule has 154 valence electrons. The van der Waals surface area contributed by atoms with Gasteiger partial charge in [-0.3, -0.25) is 9.89 Å². The average molecular weight is 404 g/mol. The lowest BCUT2D eigenvalue weighted by Gasteiger charge is -2.18. The molecule has 2 N–H and O–H groups in total. The van der Waals surface area contributed by atoms with E-state index in [0.717, 1.165) is 16.8 Å². The van der Waals surface area contributed by atoms with Crippen LogP contribution in [0.2, 0.25) is 0 Å². The second-order valence-electron chi connectivity index (χ2n) is 7.92. The minimum atomic E-state index is -0.418. The third kappa shape index (κ3) is 5.41. The van der Waals surface area contributed by atoms with E-state index in [9.17, 15) is 9.59 Å². The second-order valence-corrected chi connectivity index (χ2v) is 7.92. The van der Waals surface area contributed by atoms with Crippen LogP contribution in [0.4, 0.5) is 0 Å². The number of aromatic nitrogens is 2. The lowest BCUT2D eigenvalue weighted by atomic mass is 9.87. The van der Waals surface area contributed by atoms with Gasteiger partial charge in [0.25, 0.3) is 5.91 Å². The van der Waals surface area contributed by atoms with Crippen LogP contribution in [-0.4, -0.2) is 28.3 Å². The van der Waals surface area contributed by atoms with Crippen molar-refractivity contribution >= 4 is 18.1 Å². The summed E-state index contributed by atoms with van der Waals surface area (Å²) in [6.07, 6.45) is 1.49. The van der Waals surface area contributed by atoms with Gasteiger partial charge < -0.3 is 4.74 Å². The average Bonchev–Trinajstić information content (AvgIpc) is 3.15. The highest BCUT2D eigenvalue weighted by molar-refractivity contribution is 5.93. The number of aryl methyl sites for hydroxylation is 1. The SMILES string of the molecule is Cc1cc(C(=O)N/N=C/c2ccc(OC(=O)c3ccc(C(C)(C)C)cc3)cc2)n[nH]1. The maximum absolute atomic E-state index is 12.3. The third-order valence-corrected chi connectivity index (χ3v) is 4.40. The molecule has 0 aliphatic carbocycles. The molecule has 0 atom stereocenters. The van der Waals surface area contributed by atoms with Crippen LogP contribution in [0.5, 0.6) is 5.75 Å². The number of carbonyl (C=O) groups excluding carboxylic acids is 2. The molecule has 0 aliphatic rings. The minimum Gasteiger partial charge on any atom is -0.423 e. The van der Waals surface area contributed by atoms with Crippen molar-refractivity contribution < 1.29 is 14.3 Å². The number of hydrazone groups is 1. The number of nitrogens with zero attached hydrogens (tertiary/aromatic N) is 2. The Morgan fingerprint density at radius 3 is 2.30 bits per heavy atom. The van der Waals surface area contributed by atoms with Gasteiger partial charge in [-0.05, 0) is 65.9 Å². The van der Waals surface area contributed by atoms with Gasteiger partial charge in [0, 0.05) is 5.69 Å². The fourth-order valence-electron chi connectivity index (χ4n) is 2.65. The predicted octanol–water partition coefficient (Wildman–Crippen LogP) is 4.00. The Labute approximate surface area is 175 Å². The van der Waals surface area contributed by atoms with Gasteiger partial charge in [-0.25, -0.2) is 10.2 Å². The number of hydrogen-bond donors (Lipinski definition) is 2. The monoisotopic (exact) mass is 404 g/mol. The molecular formula is C23H24N4O3. The van der Waals surface area contributed by atoms with Gasteiger partial charge in [0.05, 0.1) is 11.8 Å². The molecule has 0 spiro atoms. The minimum absolute atomic E-state index is 0.0242. The van der Waals surface area contributed by atoms with E-state index in [-0.39, 0.29) is 11.1 Å². The van der Waals surface area contributed by atoms with Crippen molar-refractivity contribution in [1.82, 2.24) is 15.6 Å². The zero-order valence-electron chi connectivity index (χ0n) is 17.4. The Morgan fingerprint density at radius 2 is 1.73 bits per heavy atom. The Hall–Kier alpha value is -3.74. The third-order valence-electron chi connectivity index (χ3n) is 4.40. The van der Waals surface area contributed by atoms with Crippen LogP contribution in [0.25, 0.3) is 0 Å². The number of hydrogen-bond acceptors (Lipinski definition) is 5. The molecule has 1 aromatic heterocycles. The second kappa shape index (κ2) is 8.73. The van der Waals surface area contributed by atoms with Gasteiger partial charge in [-0.1, -0.05) is 32.9 Å². The Kier molecular flexibility index (Phi) is 6.11. The summed E-state index contributed by atoms with van der Waals surface area (Å²) in [7, 11) is 0. The van der Waals surface area contributed by atoms with E-state index in [4.69, 9.17) is 4.74 Å². The first kappa shape index (κ1) is 21.0. The van der Waals surface area contributed by atoms with Crippen LogP contribution in [0.15, 0.2) is 59.7 Å². The summed E-state index contributed by atoms with van der Waals surface area (Å²) in [5.74, 6) is -0.398. The lowest BCUT2D eigenvalue weighted by molar-refractivity contribution is 0.0734. The normalized spacial score (nSPS) is 11.5. The van der Waals surface area contributed by atoms with Crippen LogP contribution in [0.3, 0.4) is 0 Å². The van der Waals surface area contributed by atoms with E-state index in [1.54, 1.807) is 42.5 Å². The summed E-state index contributed by atoms with van der Waals surface area (Å²) in [6.45, 7) is 8.17. The molecule has 3 aromatic rings. The van der Waals surface area contributed by atoms with E-state index in [1.807, 2.05) is 19.1 Å². The zero-order chi connectivity index (χ0) is 21.7. The maximum atomic E-state index is 12.3. The van der Waals surface area contributed by atoms with Gasteiger partial charge in [0.1, 0.15) is 5.75 Å². The molecule has 0 bridgehead atoms. The van der Waals surface area contributed by atoms with Crippen molar-refractivity contribution in [2.75, 3.05) is 0 Å². The topological polar surface area (TPSA) is 96.4 Å². The first-order valence-electron chi connectivity index (χ1n) is 9.50. The molecule has 30 heavy (non-hydrogen) atoms. The van der Waals surface area contributed by atoms with Gasteiger partial charge in [-0.15, -0.1) is 0 Å². The number of nitrogens with one attached hydrogen (secondary N) is 2. The Balaban J connectivity index is 1.56. The van der Waals surface area contributed by atoms with Crippen LogP contribution >= 0.6 is 0 Å². The smallest absolute Gasteiger partial charge is 0.343 e. The van der Waals surface area contributed by atoms with Crippen molar-refractivity contribution in [2.45, 2.75) is 33.1 Å². The molecule has 0 saturated heterocycles. The van der Waals surface area contributed by atoms with Crippen LogP contribution < -0.4 is 10.2 Å². The number of carbonyl (C=O) groups is 2. The largest absolute Gasteiger partial charge is 0.423 e. The van der Waals surface area contributed by atoms with E-state index >= 15 is 0 Å². The summed E-state index contributed by atoms with van der Waals surface area (Å²) in [5, 5.41) is 10.5. The fraction of sp³-hybridized carbons (Fsp3) is 0.217. The fourth-order valence-corrected chi connectivity index (χ4v) is 2.65. The van der Waals surface area contributed by atoms with Crippen molar-refractivity contribution in [3.63, 3.8) is 0 Å². The molecule has 7 heteroatoms. The quantitative estimate of drug-likeness (QED) is 0.291. The van der Waals surface area contributed by atoms with Crippen molar-refractivity contribution in [3.05, 3.63) is 82.7 Å². The van der Waals surface area contributed by atoms with Crippen LogP contribution in [-0.2, 0) is 5.41 Å². The Morgan fingerprint density at radius 1 is 1.07 bits per heavy atom. The van der Waals surface area contributed by atoms with Gasteiger partial charge >= 0.3 is 5.97 Å². The molecule has 1 heterocycles. The molecule has 0 aliphatic heterocycles. The Bertz CT molecular complexity index is 1060. The molecule has 0 saturated carbocycles. The first-order chi connectivity index (χ1) is 14.2. The number of benzene rings is 2. The number of ether oxygens (including phenoxy) is 1. The number of esters is 1. The summed E-state index contributed by atoms with van der Waals surface area (Å²) in [5.41, 5.74) is 5.87. The summed E-state index contributed by atoms with van der Waals surface area (Å²) in [6, 6.07) is 15.9. The molecule has 1 amide bonds. The molecule has 2 aromatic carbocycles. The van der Waals surface area contributed by atoms with E-state index in [2.05, 4.69) is 41.5 Å². The van der Waals surface area contributed by atoms with Crippen molar-refractivity contribution in [2.24, 2.45) is 5.10 Å². The molecule has 0 fully saturated rings. The summed E-state index contributed by atoms with van der Waals surface area (Å²) in [4.78, 5) is 24.2. The highest BCUT2D eigenvalue weighted by Gasteiger charge is 2.15. The molecule has 7 nitrogen and oxygen atoms in total. The lowest BCUT2D eigenvalue weighted by Crippen LogP contribution is -2.18. The number of amides is 1. The number of aromatic amines is 1. The van der Waals surface area contributed by atoms with E-state index in [1.165, 1.54) is 6.21 Å². The summed E-state index contributed by atoms with van der Waals surface area (Å²) >= 11 is 0. The van der Waals surface area contributed by atoms with Crippen LogP contribution in [0, 0.1) is 6.92 Å². The zero-order valence-corrected chi connectivity index (χ0v) is 17.4. The molecular weight excluding hydrogens is 380 g/mol. The van der Waals surface area contributed by atoms with Gasteiger partial charge in [0.2, 0.25) is 0 Å². The van der Waals surface area contributed by atoms with Crippen molar-refractivity contribution in [3.8, 4) is 5.75 Å². The number of H-pyrrole nitrogens is 1. The van der Waals surface area contributed by atoms with Crippen molar-refractivity contribution in [1.29, 1.82) is 0 Å². The maximum Gasteiger partial charge on any atom is 0.343 e. The van der Waals surface area contributed by atoms with Gasteiger partial charge in [0.15, 0.2) is 5.69 Å². The van der Waals surface area contributed by atoms with E-state index in [0.29, 0.717) is 11.3 Å². The highest BCUT2D eigenvalue weighted by Crippen LogP contribution is 2.22. The standard InChI is InChI=1S/C23H24N4O3/c1-15-13-20(26-25-15)21(28)27-24-14-16-5-11-19(12-6-16)30-22(29)17-7-9-18(10-8-17)23(2,3)4/h5-14H,1-4H3,(H,25,26)(H,27,28)/b24-14+. The molecule has 0 unspecified atom stereocenters. The predicted molar refractivity (Wildman–Crippen MR) is 115 cm³/mol. The van der Waals surface area contributed by atoms with E-state index < -0.39 is 11.9 Å². The van der Waals surface area contributed by atoms with Crippen LogP contribution in [0.1, 0.15) is 58.4 Å². The number of rotatable bonds is 5. The molecule has 3 rings (SSSR count). The first-order valence-corrected chi connectivity index (χ1v) is 9.50. The highest BCUT2D eigenvalue weighted by atomic mass is 16.5. The van der Waals surface area contributed by atoms with Gasteiger partial charge in [-0.2, -0.15) is 10.2 Å².